The Morgan fingerprint density at radius 3 is 1.64 bits per heavy atom. The zero-order valence-electron chi connectivity index (χ0n) is 41.8. The zero-order valence-corrected chi connectivity index (χ0v) is 42.7. The fraction of sp³-hybridized carbons (Fsp3) is 0.219. The first-order valence-electron chi connectivity index (χ1n) is 24.4. The van der Waals surface area contributed by atoms with Crippen molar-refractivity contribution in [1.29, 1.82) is 0 Å². The highest BCUT2D eigenvalue weighted by Gasteiger charge is 2.42. The first kappa shape index (κ1) is 46.6. The maximum atomic E-state index is 16.7. The summed E-state index contributed by atoms with van der Waals surface area (Å²) >= 11 is 0. The quantitative estimate of drug-likeness (QED) is 0.101. The molecule has 1 atom stereocenters. The topological polar surface area (TPSA) is 49.7 Å². The van der Waals surface area contributed by atoms with Gasteiger partial charge in [-0.1, -0.05) is 208 Å². The molecule has 0 saturated heterocycles. The average molecular weight is 940 g/mol. The number of fused-ring (bicyclic) bond motifs is 6. The number of ether oxygens (including phenoxy) is 2. The van der Waals surface area contributed by atoms with Crippen LogP contribution >= 0.6 is 7.37 Å². The molecular formula is C64H62NO4P. The Bertz CT molecular complexity index is 3450. The standard InChI is InChI=1S/C64H62NO4P/c1-62(2,3)47-32-25-43(26-33-47)23-24-44-31-38-54-53(39-44)59-60(65(54)50-17-11-10-12-18-50)56(67-41-45-27-34-48(35-28-45)63(4,5)6)40-58(61(59)68-42-46-29-36-49(37-30-46)64(7,8)9)70(66)57-22-16-14-20-52(57)51-19-13-15-21-55(51)69-70/h10-40H,41-42H2,1-9H3/b24-23+. The summed E-state index contributed by atoms with van der Waals surface area (Å²) < 4.78 is 40.2. The molecule has 0 aliphatic carbocycles. The molecule has 70 heavy (non-hydrogen) atoms. The van der Waals surface area contributed by atoms with Crippen LogP contribution in [-0.2, 0) is 34.0 Å². The average Bonchev–Trinajstić information content (AvgIpc) is 3.69. The second-order valence-corrected chi connectivity index (χ2v) is 24.0. The van der Waals surface area contributed by atoms with Crippen molar-refractivity contribution in [3.05, 3.63) is 215 Å². The highest BCUT2D eigenvalue weighted by molar-refractivity contribution is 7.75. The summed E-state index contributed by atoms with van der Waals surface area (Å²) in [5, 5.41) is 2.78. The van der Waals surface area contributed by atoms with Gasteiger partial charge in [-0.2, -0.15) is 0 Å². The minimum Gasteiger partial charge on any atom is -0.487 e. The summed E-state index contributed by atoms with van der Waals surface area (Å²) in [6.07, 6.45) is 4.33. The van der Waals surface area contributed by atoms with Gasteiger partial charge in [0, 0.05) is 22.7 Å². The molecule has 5 nitrogen and oxygen atoms in total. The SMILES string of the molecule is CC(C)(C)c1ccc(/C=C/c2ccc3c(c2)c2c(OCc4ccc(C(C)(C)C)cc4)c(P4(=O)Oc5ccccc5-c5ccccc54)cc(OCc4ccc(C(C)(C)C)cc4)c2n3-c2ccccc2)cc1. The number of aromatic nitrogens is 1. The molecule has 1 unspecified atom stereocenters. The van der Waals surface area contributed by atoms with E-state index in [-0.39, 0.29) is 29.5 Å². The van der Waals surface area contributed by atoms with Crippen LogP contribution < -0.4 is 24.6 Å². The second-order valence-electron chi connectivity index (χ2n) is 21.7. The van der Waals surface area contributed by atoms with Crippen LogP contribution in [0.3, 0.4) is 0 Å². The molecule has 1 aliphatic heterocycles. The number of para-hydroxylation sites is 2. The summed E-state index contributed by atoms with van der Waals surface area (Å²) in [5.74, 6) is 1.62. The van der Waals surface area contributed by atoms with Crippen LogP contribution in [0.25, 0.3) is 50.8 Å². The molecule has 9 aromatic rings. The Balaban J connectivity index is 1.24. The number of hydrogen-bond acceptors (Lipinski definition) is 4. The fourth-order valence-corrected chi connectivity index (χ4v) is 11.9. The molecule has 2 heterocycles. The summed E-state index contributed by atoms with van der Waals surface area (Å²) in [5.41, 5.74) is 12.5. The molecule has 0 N–H and O–H groups in total. The van der Waals surface area contributed by atoms with E-state index in [1.807, 2.05) is 60.7 Å². The molecule has 8 aromatic carbocycles. The van der Waals surface area contributed by atoms with Crippen LogP contribution in [0.15, 0.2) is 176 Å². The van der Waals surface area contributed by atoms with E-state index in [9.17, 15) is 0 Å². The molecule has 6 heteroatoms. The normalized spacial score (nSPS) is 14.9. The van der Waals surface area contributed by atoms with E-state index in [1.165, 1.54) is 16.7 Å². The molecule has 1 aromatic heterocycles. The minimum absolute atomic E-state index is 0.00745. The van der Waals surface area contributed by atoms with Gasteiger partial charge in [0.05, 0.1) is 21.5 Å². The molecule has 0 bridgehead atoms. The molecular weight excluding hydrogens is 878 g/mol. The van der Waals surface area contributed by atoms with E-state index < -0.39 is 7.37 Å². The monoisotopic (exact) mass is 939 g/mol. The van der Waals surface area contributed by atoms with Crippen molar-refractivity contribution >= 4 is 51.9 Å². The van der Waals surface area contributed by atoms with E-state index >= 15 is 4.57 Å². The summed E-state index contributed by atoms with van der Waals surface area (Å²) in [6, 6.07) is 60.7. The molecule has 10 rings (SSSR count). The highest BCUT2D eigenvalue weighted by atomic mass is 31.2. The van der Waals surface area contributed by atoms with E-state index in [0.29, 0.717) is 27.9 Å². The molecule has 1 aliphatic rings. The van der Waals surface area contributed by atoms with E-state index in [4.69, 9.17) is 14.0 Å². The van der Waals surface area contributed by atoms with Crippen LogP contribution in [0.5, 0.6) is 17.2 Å². The van der Waals surface area contributed by atoms with Gasteiger partial charge >= 0.3 is 7.37 Å². The smallest absolute Gasteiger partial charge is 0.311 e. The van der Waals surface area contributed by atoms with Crippen molar-refractivity contribution in [3.8, 4) is 34.1 Å². The Kier molecular flexibility index (Phi) is 12.0. The van der Waals surface area contributed by atoms with Crippen molar-refractivity contribution in [2.24, 2.45) is 0 Å². The van der Waals surface area contributed by atoms with Crippen molar-refractivity contribution in [2.45, 2.75) is 91.8 Å². The Hall–Kier alpha value is -7.07. The van der Waals surface area contributed by atoms with E-state index in [2.05, 4.69) is 194 Å². The van der Waals surface area contributed by atoms with Crippen LogP contribution in [0, 0.1) is 0 Å². The molecule has 0 spiro atoms. The summed E-state index contributed by atoms with van der Waals surface area (Å²) in [7, 11) is -3.98. The zero-order chi connectivity index (χ0) is 49.0. The maximum Gasteiger partial charge on any atom is 0.311 e. The van der Waals surface area contributed by atoms with E-state index in [0.717, 1.165) is 60.9 Å². The molecule has 0 amide bonds. The van der Waals surface area contributed by atoms with Crippen molar-refractivity contribution < 1.29 is 18.6 Å². The van der Waals surface area contributed by atoms with Crippen molar-refractivity contribution in [2.75, 3.05) is 0 Å². The predicted octanol–water partition coefficient (Wildman–Crippen LogP) is 16.3. The first-order chi connectivity index (χ1) is 33.5. The summed E-state index contributed by atoms with van der Waals surface area (Å²) in [4.78, 5) is 0. The van der Waals surface area contributed by atoms with Gasteiger partial charge in [0.1, 0.15) is 36.0 Å². The van der Waals surface area contributed by atoms with Gasteiger partial charge in [-0.15, -0.1) is 0 Å². The molecule has 0 radical (unpaired) electrons. The lowest BCUT2D eigenvalue weighted by atomic mass is 9.87. The van der Waals surface area contributed by atoms with E-state index in [1.54, 1.807) is 0 Å². The van der Waals surface area contributed by atoms with Crippen molar-refractivity contribution in [3.63, 3.8) is 0 Å². The van der Waals surface area contributed by atoms with Gasteiger partial charge < -0.3 is 18.6 Å². The van der Waals surface area contributed by atoms with Gasteiger partial charge in [0.25, 0.3) is 0 Å². The van der Waals surface area contributed by atoms with Crippen LogP contribution in [-0.4, -0.2) is 4.57 Å². The third kappa shape index (κ3) is 9.00. The Morgan fingerprint density at radius 2 is 1.03 bits per heavy atom. The third-order valence-corrected chi connectivity index (χ3v) is 16.0. The number of hydrogen-bond donors (Lipinski definition) is 0. The maximum absolute atomic E-state index is 16.7. The third-order valence-electron chi connectivity index (χ3n) is 13.6. The lowest BCUT2D eigenvalue weighted by Crippen LogP contribution is -2.27. The summed E-state index contributed by atoms with van der Waals surface area (Å²) in [6.45, 7) is 20.5. The Labute approximate surface area is 413 Å². The van der Waals surface area contributed by atoms with Gasteiger partial charge in [-0.05, 0) is 97.2 Å². The lowest BCUT2D eigenvalue weighted by molar-refractivity contribution is 0.304. The van der Waals surface area contributed by atoms with Gasteiger partial charge in [-0.3, -0.25) is 4.57 Å². The lowest BCUT2D eigenvalue weighted by Gasteiger charge is -2.30. The molecule has 0 saturated carbocycles. The number of benzene rings is 8. The van der Waals surface area contributed by atoms with Gasteiger partial charge in [0.2, 0.25) is 0 Å². The largest absolute Gasteiger partial charge is 0.487 e. The van der Waals surface area contributed by atoms with Crippen LogP contribution in [0.1, 0.15) is 101 Å². The van der Waals surface area contributed by atoms with Crippen LogP contribution in [0.2, 0.25) is 0 Å². The number of rotatable bonds is 10. The Morgan fingerprint density at radius 1 is 0.514 bits per heavy atom. The second kappa shape index (κ2) is 18.0. The fourth-order valence-electron chi connectivity index (χ4n) is 9.48. The molecule has 0 fully saturated rings. The predicted molar refractivity (Wildman–Crippen MR) is 293 cm³/mol. The van der Waals surface area contributed by atoms with Crippen molar-refractivity contribution in [1.82, 2.24) is 4.57 Å². The van der Waals surface area contributed by atoms with Gasteiger partial charge in [0.15, 0.2) is 0 Å². The highest BCUT2D eigenvalue weighted by Crippen LogP contribution is 2.57. The molecule has 352 valence electrons. The minimum atomic E-state index is -3.98. The number of nitrogens with zero attached hydrogens (tertiary/aromatic N) is 1. The van der Waals surface area contributed by atoms with Gasteiger partial charge in [-0.25, -0.2) is 0 Å². The van der Waals surface area contributed by atoms with Crippen LogP contribution in [0.4, 0.5) is 0 Å². The first-order valence-corrected chi connectivity index (χ1v) is 26.0.